The van der Waals surface area contributed by atoms with Crippen LogP contribution < -0.4 is 5.73 Å². The maximum Gasteiger partial charge on any atom is 0.305 e. The highest BCUT2D eigenvalue weighted by molar-refractivity contribution is 5.69. The fraction of sp³-hybridized carbons (Fsp3) is 0.909. The molecule has 0 spiro atoms. The molecule has 0 bridgehead atoms. The number of hydrogen-bond donors (Lipinski definition) is 1. The average molecular weight is 215 g/mol. The Balaban J connectivity index is 2.64. The Morgan fingerprint density at radius 3 is 2.73 bits per heavy atom. The Hall–Kier alpha value is -0.610. The molecule has 0 radical (unpaired) electrons. The quantitative estimate of drug-likeness (QED) is 0.713. The normalized spacial score (nSPS) is 23.9. The molecule has 0 aliphatic carbocycles. The van der Waals surface area contributed by atoms with Crippen LogP contribution in [0.4, 0.5) is 0 Å². The van der Waals surface area contributed by atoms with Crippen LogP contribution in [0.3, 0.4) is 0 Å². The van der Waals surface area contributed by atoms with E-state index in [2.05, 4.69) is 4.74 Å². The largest absolute Gasteiger partial charge is 0.469 e. The zero-order valence-corrected chi connectivity index (χ0v) is 9.79. The maximum absolute atomic E-state index is 11.3. The summed E-state index contributed by atoms with van der Waals surface area (Å²) in [5, 5.41) is 0. The summed E-state index contributed by atoms with van der Waals surface area (Å²) in [6.07, 6.45) is 2.48. The highest BCUT2D eigenvalue weighted by Crippen LogP contribution is 2.30. The van der Waals surface area contributed by atoms with Gasteiger partial charge in [-0.25, -0.2) is 0 Å². The monoisotopic (exact) mass is 215 g/mol. The van der Waals surface area contributed by atoms with Gasteiger partial charge in [0.15, 0.2) is 0 Å². The molecule has 1 heterocycles. The van der Waals surface area contributed by atoms with Gasteiger partial charge >= 0.3 is 5.97 Å². The van der Waals surface area contributed by atoms with Crippen LogP contribution >= 0.6 is 0 Å². The van der Waals surface area contributed by atoms with Gasteiger partial charge < -0.3 is 15.2 Å². The van der Waals surface area contributed by atoms with E-state index in [1.807, 2.05) is 13.8 Å². The van der Waals surface area contributed by atoms with Crippen LogP contribution in [-0.2, 0) is 14.3 Å². The Bertz CT molecular complexity index is 216. The van der Waals surface area contributed by atoms with Crippen molar-refractivity contribution in [1.82, 2.24) is 0 Å². The number of hydrogen-bond acceptors (Lipinski definition) is 4. The fourth-order valence-corrected chi connectivity index (χ4v) is 2.06. The van der Waals surface area contributed by atoms with E-state index in [4.69, 9.17) is 10.5 Å². The van der Waals surface area contributed by atoms with Crippen molar-refractivity contribution in [3.05, 3.63) is 0 Å². The first-order chi connectivity index (χ1) is 6.95. The molecule has 1 aliphatic heterocycles. The van der Waals surface area contributed by atoms with Crippen LogP contribution in [0.5, 0.6) is 0 Å². The summed E-state index contributed by atoms with van der Waals surface area (Å²) in [7, 11) is 1.40. The lowest BCUT2D eigenvalue weighted by molar-refractivity contribution is -0.143. The molecule has 1 saturated heterocycles. The lowest BCUT2D eigenvalue weighted by Crippen LogP contribution is -2.47. The minimum Gasteiger partial charge on any atom is -0.469 e. The molecular weight excluding hydrogens is 194 g/mol. The topological polar surface area (TPSA) is 61.5 Å². The zero-order chi connectivity index (χ0) is 11.5. The lowest BCUT2D eigenvalue weighted by atomic mass is 9.80. The summed E-state index contributed by atoms with van der Waals surface area (Å²) < 4.78 is 10.3. The van der Waals surface area contributed by atoms with E-state index in [9.17, 15) is 4.79 Å². The first kappa shape index (κ1) is 12.5. The van der Waals surface area contributed by atoms with Gasteiger partial charge in [0.05, 0.1) is 19.6 Å². The van der Waals surface area contributed by atoms with Crippen LogP contribution in [0.2, 0.25) is 0 Å². The fourth-order valence-electron chi connectivity index (χ4n) is 2.06. The highest BCUT2D eigenvalue weighted by Gasteiger charge is 2.37. The highest BCUT2D eigenvalue weighted by atomic mass is 16.5. The van der Waals surface area contributed by atoms with Crippen molar-refractivity contribution < 1.29 is 14.3 Å². The lowest BCUT2D eigenvalue weighted by Gasteiger charge is -2.33. The van der Waals surface area contributed by atoms with Crippen LogP contribution in [0.1, 0.15) is 33.1 Å². The minimum absolute atomic E-state index is 0.0347. The van der Waals surface area contributed by atoms with Gasteiger partial charge in [0, 0.05) is 18.1 Å². The molecule has 4 nitrogen and oxygen atoms in total. The van der Waals surface area contributed by atoms with E-state index in [0.29, 0.717) is 6.42 Å². The molecule has 0 amide bonds. The van der Waals surface area contributed by atoms with Crippen molar-refractivity contribution >= 4 is 5.97 Å². The molecule has 2 N–H and O–H groups in total. The molecular formula is C11H21NO3. The molecule has 0 aromatic rings. The minimum atomic E-state index is -0.413. The summed E-state index contributed by atoms with van der Waals surface area (Å²) in [4.78, 5) is 11.3. The second-order valence-corrected chi connectivity index (χ2v) is 4.76. The van der Waals surface area contributed by atoms with Crippen LogP contribution in [0.15, 0.2) is 0 Å². The first-order valence-electron chi connectivity index (χ1n) is 5.42. The van der Waals surface area contributed by atoms with Crippen LogP contribution in [-0.4, -0.2) is 31.3 Å². The summed E-state index contributed by atoms with van der Waals surface area (Å²) in [5.41, 5.74) is 5.66. The second-order valence-electron chi connectivity index (χ2n) is 4.76. The predicted octanol–water partition coefficient (Wildman–Crippen LogP) is 1.08. The van der Waals surface area contributed by atoms with Gasteiger partial charge in [0.2, 0.25) is 0 Å². The summed E-state index contributed by atoms with van der Waals surface area (Å²) >= 11 is 0. The molecule has 0 aromatic heterocycles. The summed E-state index contributed by atoms with van der Waals surface area (Å²) in [6, 6.07) is 0. The van der Waals surface area contributed by atoms with Crippen molar-refractivity contribution in [2.75, 3.05) is 13.7 Å². The number of methoxy groups -OCH3 is 1. The molecule has 15 heavy (non-hydrogen) atoms. The van der Waals surface area contributed by atoms with Gasteiger partial charge in [0.25, 0.3) is 0 Å². The van der Waals surface area contributed by atoms with Gasteiger partial charge in [-0.15, -0.1) is 0 Å². The maximum atomic E-state index is 11.3. The molecule has 0 aromatic carbocycles. The van der Waals surface area contributed by atoms with Crippen molar-refractivity contribution in [2.24, 2.45) is 11.7 Å². The van der Waals surface area contributed by atoms with Gasteiger partial charge in [-0.05, 0) is 26.7 Å². The Kier molecular flexibility index (Phi) is 4.11. The van der Waals surface area contributed by atoms with E-state index in [-0.39, 0.29) is 18.0 Å². The van der Waals surface area contributed by atoms with E-state index in [0.717, 1.165) is 19.4 Å². The van der Waals surface area contributed by atoms with Crippen LogP contribution in [0, 0.1) is 5.92 Å². The molecule has 1 aliphatic rings. The van der Waals surface area contributed by atoms with Crippen molar-refractivity contribution in [2.45, 2.75) is 44.8 Å². The summed E-state index contributed by atoms with van der Waals surface area (Å²) in [6.45, 7) is 4.64. The number of carbonyl (C=O) groups excluding carboxylic acids is 1. The van der Waals surface area contributed by atoms with Crippen molar-refractivity contribution in [3.63, 3.8) is 0 Å². The standard InChI is InChI=1S/C11H21NO3/c1-11(2,12)8(7-10(13)14-3)9-5-4-6-15-9/h8-9H,4-7,12H2,1-3H3. The van der Waals surface area contributed by atoms with Crippen molar-refractivity contribution in [1.29, 1.82) is 0 Å². The molecule has 1 fully saturated rings. The Labute approximate surface area is 91.1 Å². The third-order valence-corrected chi connectivity index (χ3v) is 2.98. The number of ether oxygens (including phenoxy) is 2. The SMILES string of the molecule is COC(=O)CC(C1CCCO1)C(C)(C)N. The van der Waals surface area contributed by atoms with E-state index >= 15 is 0 Å². The first-order valence-corrected chi connectivity index (χ1v) is 5.42. The zero-order valence-electron chi connectivity index (χ0n) is 9.79. The number of nitrogens with two attached hydrogens (primary N) is 1. The predicted molar refractivity (Wildman–Crippen MR) is 57.4 cm³/mol. The van der Waals surface area contributed by atoms with Gasteiger partial charge in [-0.3, -0.25) is 4.79 Å². The van der Waals surface area contributed by atoms with Crippen molar-refractivity contribution in [3.8, 4) is 0 Å². The third-order valence-electron chi connectivity index (χ3n) is 2.98. The molecule has 2 unspecified atom stereocenters. The van der Waals surface area contributed by atoms with Gasteiger partial charge in [0.1, 0.15) is 0 Å². The van der Waals surface area contributed by atoms with Crippen LogP contribution in [0.25, 0.3) is 0 Å². The summed E-state index contributed by atoms with van der Waals surface area (Å²) in [5.74, 6) is -0.179. The number of rotatable bonds is 4. The number of esters is 1. The molecule has 0 saturated carbocycles. The second kappa shape index (κ2) is 4.94. The van der Waals surface area contributed by atoms with Gasteiger partial charge in [-0.2, -0.15) is 0 Å². The molecule has 2 atom stereocenters. The Morgan fingerprint density at radius 1 is 1.67 bits per heavy atom. The van der Waals surface area contributed by atoms with E-state index < -0.39 is 5.54 Å². The average Bonchev–Trinajstić information content (AvgIpc) is 2.64. The number of carbonyl (C=O) groups is 1. The van der Waals surface area contributed by atoms with E-state index in [1.165, 1.54) is 7.11 Å². The van der Waals surface area contributed by atoms with Gasteiger partial charge in [-0.1, -0.05) is 0 Å². The molecule has 1 rings (SSSR count). The molecule has 88 valence electrons. The smallest absolute Gasteiger partial charge is 0.305 e. The van der Waals surface area contributed by atoms with E-state index in [1.54, 1.807) is 0 Å². The third kappa shape index (κ3) is 3.47. The molecule has 4 heteroatoms. The Morgan fingerprint density at radius 2 is 2.33 bits per heavy atom.